The van der Waals surface area contributed by atoms with E-state index in [2.05, 4.69) is 46.4 Å². The molecule has 5 rings (SSSR count). The number of nitrogens with one attached hydrogen (secondary N) is 1. The van der Waals surface area contributed by atoms with Gasteiger partial charge in [0.15, 0.2) is 5.82 Å². The average Bonchev–Trinajstić information content (AvgIpc) is 3.12. The van der Waals surface area contributed by atoms with Gasteiger partial charge >= 0.3 is 0 Å². The Morgan fingerprint density at radius 3 is 2.50 bits per heavy atom. The van der Waals surface area contributed by atoms with Crippen molar-refractivity contribution in [2.75, 3.05) is 55.8 Å². The van der Waals surface area contributed by atoms with Gasteiger partial charge in [-0.05, 0) is 50.6 Å². The maximum atomic E-state index is 12.6. The number of fused-ring (bicyclic) bond motifs is 1. The van der Waals surface area contributed by atoms with Crippen molar-refractivity contribution < 1.29 is 9.32 Å². The van der Waals surface area contributed by atoms with Gasteiger partial charge < -0.3 is 20.2 Å². The van der Waals surface area contributed by atoms with Gasteiger partial charge in [-0.1, -0.05) is 0 Å². The first kappa shape index (κ1) is 19.9. The lowest BCUT2D eigenvalue weighted by Crippen LogP contribution is -2.48. The molecule has 1 atom stereocenters. The Labute approximate surface area is 180 Å². The molecule has 0 radical (unpaired) electrons. The van der Waals surface area contributed by atoms with Crippen LogP contribution in [0, 0.1) is 0 Å². The number of benzene rings is 1. The van der Waals surface area contributed by atoms with Crippen molar-refractivity contribution in [3.63, 3.8) is 0 Å². The van der Waals surface area contributed by atoms with E-state index in [0.717, 1.165) is 61.6 Å². The Kier molecular flexibility index (Phi) is 5.24. The van der Waals surface area contributed by atoms with Crippen LogP contribution >= 0.6 is 0 Å². The smallest absolute Gasteiger partial charge is 0.161 e. The molecule has 1 aromatic carbocycles. The fourth-order valence-corrected chi connectivity index (χ4v) is 5.78. The number of likely N-dealkylation sites (N-methyl/N-ethyl adjacent to an activating group) is 1. The summed E-state index contributed by atoms with van der Waals surface area (Å²) in [5.41, 5.74) is 2.72. The molecule has 1 saturated carbocycles. The molecular weight excluding hydrogens is 398 g/mol. The predicted octanol–water partition coefficient (Wildman–Crippen LogP) is 1.89. The number of aryl methyl sites for hydroxylation is 1. The van der Waals surface area contributed by atoms with Crippen LogP contribution in [0.15, 0.2) is 29.2 Å². The van der Waals surface area contributed by atoms with Crippen LogP contribution in [0.2, 0.25) is 0 Å². The lowest BCUT2D eigenvalue weighted by molar-refractivity contribution is 0.143. The zero-order chi connectivity index (χ0) is 20.7. The van der Waals surface area contributed by atoms with Crippen molar-refractivity contribution in [3.8, 4) is 11.4 Å². The number of aliphatic hydroxyl groups is 1. The maximum Gasteiger partial charge on any atom is 0.161 e. The molecule has 3 heterocycles. The van der Waals surface area contributed by atoms with E-state index in [1.165, 1.54) is 5.69 Å². The number of rotatable bonds is 5. The van der Waals surface area contributed by atoms with Gasteiger partial charge in [-0.2, -0.15) is 0 Å². The first-order valence-electron chi connectivity index (χ1n) is 10.8. The third-order valence-corrected chi connectivity index (χ3v) is 8.14. The van der Waals surface area contributed by atoms with Gasteiger partial charge in [-0.15, -0.1) is 0 Å². The highest BCUT2D eigenvalue weighted by Crippen LogP contribution is 2.38. The molecule has 1 unspecified atom stereocenters. The number of aromatic nitrogens is 2. The number of hydrogen-bond acceptors (Lipinski definition) is 7. The van der Waals surface area contributed by atoms with Crippen molar-refractivity contribution in [1.82, 2.24) is 14.9 Å². The Hall–Kier alpha value is -2.03. The van der Waals surface area contributed by atoms with E-state index in [1.54, 1.807) is 0 Å². The maximum absolute atomic E-state index is 12.6. The van der Waals surface area contributed by atoms with Crippen LogP contribution in [-0.4, -0.2) is 75.3 Å². The van der Waals surface area contributed by atoms with Gasteiger partial charge in [-0.25, -0.2) is 9.97 Å². The van der Waals surface area contributed by atoms with Crippen LogP contribution in [-0.2, 0) is 17.2 Å². The topological polar surface area (TPSA) is 81.6 Å². The van der Waals surface area contributed by atoms with Gasteiger partial charge in [0.25, 0.3) is 0 Å². The first-order valence-corrected chi connectivity index (χ1v) is 12.1. The predicted molar refractivity (Wildman–Crippen MR) is 119 cm³/mol. The van der Waals surface area contributed by atoms with Gasteiger partial charge in [0, 0.05) is 49.6 Å². The van der Waals surface area contributed by atoms with E-state index in [1.807, 2.05) is 0 Å². The van der Waals surface area contributed by atoms with Crippen molar-refractivity contribution in [1.29, 1.82) is 0 Å². The third kappa shape index (κ3) is 3.61. The van der Waals surface area contributed by atoms with Crippen molar-refractivity contribution in [2.24, 2.45) is 0 Å². The molecule has 8 heteroatoms. The highest BCUT2D eigenvalue weighted by molar-refractivity contribution is 7.85. The summed E-state index contributed by atoms with van der Waals surface area (Å²) in [6.45, 7) is 4.29. The minimum absolute atomic E-state index is 0.0630. The molecule has 2 aromatic rings. The number of anilines is 2. The van der Waals surface area contributed by atoms with Crippen molar-refractivity contribution in [3.05, 3.63) is 30.0 Å². The normalized spacial score (nSPS) is 23.1. The zero-order valence-electron chi connectivity index (χ0n) is 17.4. The summed E-state index contributed by atoms with van der Waals surface area (Å²) < 4.78 is 12.6. The van der Waals surface area contributed by atoms with Crippen LogP contribution in [0.3, 0.4) is 0 Å². The highest BCUT2D eigenvalue weighted by Gasteiger charge is 2.38. The number of hydrogen-bond donors (Lipinski definition) is 2. The molecule has 1 aliphatic carbocycles. The van der Waals surface area contributed by atoms with Gasteiger partial charge in [0.1, 0.15) is 10.7 Å². The van der Waals surface area contributed by atoms with E-state index in [0.29, 0.717) is 23.8 Å². The largest absolute Gasteiger partial charge is 0.394 e. The Morgan fingerprint density at radius 2 is 1.87 bits per heavy atom. The van der Waals surface area contributed by atoms with E-state index in [4.69, 9.17) is 9.97 Å². The summed E-state index contributed by atoms with van der Waals surface area (Å²) in [4.78, 5) is 15.0. The van der Waals surface area contributed by atoms with Crippen LogP contribution in [0.4, 0.5) is 11.5 Å². The summed E-state index contributed by atoms with van der Waals surface area (Å²) in [5, 5.41) is 13.3. The molecule has 3 aliphatic rings. The number of nitrogens with zero attached hydrogens (tertiary/aromatic N) is 4. The fourth-order valence-electron chi connectivity index (χ4n) is 4.47. The summed E-state index contributed by atoms with van der Waals surface area (Å²) >= 11 is 0. The van der Waals surface area contributed by atoms with Crippen LogP contribution in [0.25, 0.3) is 11.4 Å². The molecule has 1 saturated heterocycles. The second-order valence-corrected chi connectivity index (χ2v) is 10.2. The van der Waals surface area contributed by atoms with Crippen molar-refractivity contribution >= 4 is 22.3 Å². The summed E-state index contributed by atoms with van der Waals surface area (Å²) in [5.74, 6) is 1.89. The number of aliphatic hydroxyl groups excluding tert-OH is 1. The Morgan fingerprint density at radius 1 is 1.13 bits per heavy atom. The third-order valence-electron chi connectivity index (χ3n) is 6.68. The molecular formula is C22H29N5O2S. The standard InChI is InChI=1S/C22H29N5O2S/c1-26-10-12-27(13-11-26)17-5-3-16(4-6-17)20-23-18-7-14-30(29)19(18)21(24-20)25-22(15-28)8-2-9-22/h3-6,28H,2,7-15H2,1H3,(H,23,24,25). The van der Waals surface area contributed by atoms with E-state index in [-0.39, 0.29) is 12.1 Å². The molecule has 0 spiro atoms. The zero-order valence-corrected chi connectivity index (χ0v) is 18.2. The monoisotopic (exact) mass is 427 g/mol. The van der Waals surface area contributed by atoms with Crippen LogP contribution in [0.5, 0.6) is 0 Å². The minimum Gasteiger partial charge on any atom is -0.394 e. The first-order chi connectivity index (χ1) is 14.6. The summed E-state index contributed by atoms with van der Waals surface area (Å²) in [7, 11) is 1.08. The van der Waals surface area contributed by atoms with E-state index >= 15 is 0 Å². The van der Waals surface area contributed by atoms with E-state index < -0.39 is 10.8 Å². The molecule has 160 valence electrons. The lowest BCUT2D eigenvalue weighted by atomic mass is 9.77. The molecule has 30 heavy (non-hydrogen) atoms. The summed E-state index contributed by atoms with van der Waals surface area (Å²) in [6, 6.07) is 8.44. The molecule has 1 aromatic heterocycles. The van der Waals surface area contributed by atoms with Gasteiger partial charge in [0.05, 0.1) is 28.6 Å². The molecule has 2 N–H and O–H groups in total. The van der Waals surface area contributed by atoms with Gasteiger partial charge in [0.2, 0.25) is 0 Å². The SMILES string of the molecule is CN1CCN(c2ccc(-c3nc4c(c(NC5(CO)CCC5)n3)S(=O)CC4)cc2)CC1. The van der Waals surface area contributed by atoms with Gasteiger partial charge in [-0.3, -0.25) is 4.21 Å². The molecule has 7 nitrogen and oxygen atoms in total. The second kappa shape index (κ2) is 7.90. The fraction of sp³-hybridized carbons (Fsp3) is 0.545. The van der Waals surface area contributed by atoms with Crippen LogP contribution < -0.4 is 10.2 Å². The Balaban J connectivity index is 1.44. The quantitative estimate of drug-likeness (QED) is 0.754. The molecule has 0 bridgehead atoms. The Bertz CT molecular complexity index is 947. The minimum atomic E-state index is -1.08. The lowest BCUT2D eigenvalue weighted by Gasteiger charge is -2.41. The molecule has 2 aliphatic heterocycles. The highest BCUT2D eigenvalue weighted by atomic mass is 32.2. The van der Waals surface area contributed by atoms with Crippen LogP contribution in [0.1, 0.15) is 25.0 Å². The summed E-state index contributed by atoms with van der Waals surface area (Å²) in [6.07, 6.45) is 3.61. The molecule has 2 fully saturated rings. The average molecular weight is 428 g/mol. The van der Waals surface area contributed by atoms with Crippen molar-refractivity contribution in [2.45, 2.75) is 36.1 Å². The second-order valence-electron chi connectivity index (χ2n) is 8.73. The van der Waals surface area contributed by atoms with E-state index in [9.17, 15) is 9.32 Å². The molecule has 0 amide bonds. The number of piperazine rings is 1.